The number of amides is 1. The molecular weight excluding hydrogens is 422 g/mol. The van der Waals surface area contributed by atoms with E-state index in [-0.39, 0.29) is 35.2 Å². The summed E-state index contributed by atoms with van der Waals surface area (Å²) in [7, 11) is 0. The van der Waals surface area contributed by atoms with E-state index >= 15 is 0 Å². The third-order valence-electron chi connectivity index (χ3n) is 4.64. The second-order valence-electron chi connectivity index (χ2n) is 7.82. The van der Waals surface area contributed by atoms with E-state index in [2.05, 4.69) is 0 Å². The van der Waals surface area contributed by atoms with Gasteiger partial charge in [0, 0.05) is 31.2 Å². The van der Waals surface area contributed by atoms with Gasteiger partial charge >= 0.3 is 0 Å². The highest BCUT2D eigenvalue weighted by atomic mass is 35.5. The molecule has 1 amide bonds. The summed E-state index contributed by atoms with van der Waals surface area (Å²) in [4.78, 5) is 39.3. The van der Waals surface area contributed by atoms with Crippen LogP contribution in [0.2, 0.25) is 5.02 Å². The van der Waals surface area contributed by atoms with Crippen molar-refractivity contribution >= 4 is 35.7 Å². The molecule has 0 saturated carbocycles. The number of aromatic hydroxyl groups is 1. The van der Waals surface area contributed by atoms with Gasteiger partial charge in [-0.15, -0.1) is 12.4 Å². The molecule has 2 heterocycles. The van der Waals surface area contributed by atoms with Crippen molar-refractivity contribution in [2.45, 2.75) is 33.9 Å². The highest BCUT2D eigenvalue weighted by molar-refractivity contribution is 6.30. The van der Waals surface area contributed by atoms with E-state index in [4.69, 9.17) is 11.6 Å². The van der Waals surface area contributed by atoms with E-state index in [1.165, 1.54) is 33.9 Å². The van der Waals surface area contributed by atoms with E-state index in [1.807, 2.05) is 0 Å². The fraction of sp³-hybridized carbons (Fsp3) is 0.350. The smallest absolute Gasteiger partial charge is 0.274 e. The minimum absolute atomic E-state index is 0. The topological polar surface area (TPSA) is 79.6 Å². The van der Waals surface area contributed by atoms with Crippen LogP contribution in [0, 0.1) is 11.2 Å². The lowest BCUT2D eigenvalue weighted by molar-refractivity contribution is 0.0680. The third kappa shape index (κ3) is 4.31. The summed E-state index contributed by atoms with van der Waals surface area (Å²) in [5.41, 5.74) is -1.33. The van der Waals surface area contributed by atoms with Crippen LogP contribution in [0.4, 0.5) is 4.39 Å². The van der Waals surface area contributed by atoms with Crippen LogP contribution in [-0.4, -0.2) is 32.8 Å². The van der Waals surface area contributed by atoms with E-state index in [9.17, 15) is 23.9 Å². The highest BCUT2D eigenvalue weighted by Crippen LogP contribution is 2.26. The molecule has 0 bridgehead atoms. The van der Waals surface area contributed by atoms with Crippen LogP contribution in [0.15, 0.2) is 29.2 Å². The van der Waals surface area contributed by atoms with Gasteiger partial charge in [-0.1, -0.05) is 38.4 Å². The molecule has 0 saturated heterocycles. The second kappa shape index (κ2) is 8.16. The number of carbonyl (C=O) groups excluding carboxylic acids is 2. The predicted octanol–water partition coefficient (Wildman–Crippen LogP) is 3.65. The maximum Gasteiger partial charge on any atom is 0.274 e. The van der Waals surface area contributed by atoms with Gasteiger partial charge < -0.3 is 14.6 Å². The number of ketones is 1. The molecule has 1 aromatic carbocycles. The monoisotopic (exact) mass is 442 g/mol. The van der Waals surface area contributed by atoms with Crippen molar-refractivity contribution in [1.82, 2.24) is 9.47 Å². The maximum atomic E-state index is 13.3. The Hall–Kier alpha value is -2.38. The molecule has 0 aliphatic carbocycles. The zero-order chi connectivity index (χ0) is 20.8. The van der Waals surface area contributed by atoms with Crippen LogP contribution >= 0.6 is 24.0 Å². The molecule has 0 fully saturated rings. The first-order chi connectivity index (χ1) is 13.0. The SMILES string of the molecule is CC(C)(C)C(=O)c1cn2c(c(O)c1=O)C(=O)N(Cc1ccc(F)c(Cl)c1)CC2.Cl. The zero-order valence-corrected chi connectivity index (χ0v) is 17.7. The van der Waals surface area contributed by atoms with Crippen molar-refractivity contribution in [2.75, 3.05) is 6.54 Å². The summed E-state index contributed by atoms with van der Waals surface area (Å²) >= 11 is 5.78. The normalized spacial score (nSPS) is 13.7. The Morgan fingerprint density at radius 3 is 2.48 bits per heavy atom. The summed E-state index contributed by atoms with van der Waals surface area (Å²) in [5, 5.41) is 10.3. The van der Waals surface area contributed by atoms with Crippen molar-refractivity contribution < 1.29 is 19.1 Å². The van der Waals surface area contributed by atoms with Gasteiger partial charge in [0.05, 0.1) is 10.6 Å². The Morgan fingerprint density at radius 2 is 1.90 bits per heavy atom. The second-order valence-corrected chi connectivity index (χ2v) is 8.22. The van der Waals surface area contributed by atoms with Crippen molar-refractivity contribution in [3.05, 3.63) is 62.3 Å². The summed E-state index contributed by atoms with van der Waals surface area (Å²) in [6.45, 7) is 5.78. The van der Waals surface area contributed by atoms with Crippen molar-refractivity contribution in [2.24, 2.45) is 5.41 Å². The maximum absolute atomic E-state index is 13.3. The van der Waals surface area contributed by atoms with Gasteiger partial charge in [-0.3, -0.25) is 14.4 Å². The van der Waals surface area contributed by atoms with E-state index in [0.717, 1.165) is 0 Å². The molecule has 1 aliphatic rings. The lowest BCUT2D eigenvalue weighted by Crippen LogP contribution is -2.42. The molecule has 0 unspecified atom stereocenters. The standard InChI is InChI=1S/C20H20ClFN2O4.ClH/c1-20(2,3)18(27)12-10-23-6-7-24(19(28)15(23)17(26)16(12)25)9-11-4-5-14(22)13(21)8-11;/h4-5,8,10,26H,6-7,9H2,1-3H3;1H. The Balaban J connectivity index is 0.00000300. The minimum Gasteiger partial charge on any atom is -0.503 e. The number of halogens is 3. The molecule has 156 valence electrons. The number of Topliss-reactive ketones (excluding diaryl/α,β-unsaturated/α-hetero) is 1. The molecule has 2 aromatic rings. The first kappa shape index (κ1) is 22.9. The van der Waals surface area contributed by atoms with E-state index in [1.54, 1.807) is 20.8 Å². The summed E-state index contributed by atoms with van der Waals surface area (Å²) < 4.78 is 14.8. The summed E-state index contributed by atoms with van der Waals surface area (Å²) in [5.74, 6) is -2.24. The molecule has 9 heteroatoms. The van der Waals surface area contributed by atoms with Gasteiger partial charge in [0.25, 0.3) is 5.91 Å². The Kier molecular flexibility index (Phi) is 6.45. The number of benzene rings is 1. The molecule has 1 aliphatic heterocycles. The minimum atomic E-state index is -0.855. The van der Waals surface area contributed by atoms with Crippen molar-refractivity contribution in [1.29, 1.82) is 0 Å². The number of carbonyl (C=O) groups is 2. The Morgan fingerprint density at radius 1 is 1.24 bits per heavy atom. The number of pyridine rings is 1. The van der Waals surface area contributed by atoms with Crippen LogP contribution < -0.4 is 5.43 Å². The summed E-state index contributed by atoms with van der Waals surface area (Å²) in [6.07, 6.45) is 1.34. The highest BCUT2D eigenvalue weighted by Gasteiger charge is 2.33. The molecule has 0 radical (unpaired) electrons. The van der Waals surface area contributed by atoms with Gasteiger partial charge in [0.1, 0.15) is 5.82 Å². The number of rotatable bonds is 3. The van der Waals surface area contributed by atoms with Gasteiger partial charge in [-0.25, -0.2) is 4.39 Å². The molecule has 0 atom stereocenters. The van der Waals surface area contributed by atoms with Crippen molar-refractivity contribution in [3.63, 3.8) is 0 Å². The third-order valence-corrected chi connectivity index (χ3v) is 4.93. The van der Waals surface area contributed by atoms with Crippen LogP contribution in [-0.2, 0) is 13.1 Å². The van der Waals surface area contributed by atoms with Gasteiger partial charge in [0.2, 0.25) is 5.43 Å². The molecule has 1 N–H and O–H groups in total. The summed E-state index contributed by atoms with van der Waals surface area (Å²) in [6, 6.07) is 4.16. The quantitative estimate of drug-likeness (QED) is 0.735. The molecule has 0 spiro atoms. The zero-order valence-electron chi connectivity index (χ0n) is 16.2. The molecule has 1 aromatic heterocycles. The van der Waals surface area contributed by atoms with Crippen molar-refractivity contribution in [3.8, 4) is 5.75 Å². The number of fused-ring (bicyclic) bond motifs is 1. The first-order valence-electron chi connectivity index (χ1n) is 8.75. The number of hydrogen-bond donors (Lipinski definition) is 1. The van der Waals surface area contributed by atoms with Crippen LogP contribution in [0.5, 0.6) is 5.75 Å². The van der Waals surface area contributed by atoms with Gasteiger partial charge in [-0.05, 0) is 17.7 Å². The van der Waals surface area contributed by atoms with E-state index in [0.29, 0.717) is 18.7 Å². The fourth-order valence-corrected chi connectivity index (χ4v) is 3.31. The molecule has 3 rings (SSSR count). The lowest BCUT2D eigenvalue weighted by atomic mass is 9.86. The largest absolute Gasteiger partial charge is 0.503 e. The van der Waals surface area contributed by atoms with Crippen LogP contribution in [0.3, 0.4) is 0 Å². The Labute approximate surface area is 178 Å². The predicted molar refractivity (Wildman–Crippen MR) is 110 cm³/mol. The van der Waals surface area contributed by atoms with Gasteiger partial charge in [0.15, 0.2) is 17.2 Å². The average Bonchev–Trinajstić information content (AvgIpc) is 2.62. The van der Waals surface area contributed by atoms with Crippen LogP contribution in [0.1, 0.15) is 47.2 Å². The molecular formula is C20H21Cl2FN2O4. The lowest BCUT2D eigenvalue weighted by Gasteiger charge is -2.31. The Bertz CT molecular complexity index is 1040. The van der Waals surface area contributed by atoms with Gasteiger partial charge in [-0.2, -0.15) is 0 Å². The molecule has 6 nitrogen and oxygen atoms in total. The first-order valence-corrected chi connectivity index (χ1v) is 9.13. The number of aromatic nitrogens is 1. The average molecular weight is 443 g/mol. The number of hydrogen-bond acceptors (Lipinski definition) is 4. The molecule has 29 heavy (non-hydrogen) atoms. The van der Waals surface area contributed by atoms with Crippen LogP contribution in [0.25, 0.3) is 0 Å². The number of nitrogens with zero attached hydrogens (tertiary/aromatic N) is 2. The van der Waals surface area contributed by atoms with E-state index < -0.39 is 34.1 Å². The fourth-order valence-electron chi connectivity index (χ4n) is 3.11.